The Labute approximate surface area is 101 Å². The molecule has 1 aliphatic rings. The van der Waals surface area contributed by atoms with Crippen molar-refractivity contribution >= 4 is 0 Å². The summed E-state index contributed by atoms with van der Waals surface area (Å²) in [5, 5.41) is 19.5. The number of aromatic amines is 1. The standard InChI is InChI=1S/C12H18N4O/c1-8-12(9(2)16-15-8)11(6-13)14-7-10-4-3-5-17-10/h10-11,14H,3-5,7H2,1-2H3,(H,15,16). The van der Waals surface area contributed by atoms with Crippen LogP contribution in [0.1, 0.15) is 35.8 Å². The first-order valence-electron chi connectivity index (χ1n) is 5.98. The highest BCUT2D eigenvalue weighted by Crippen LogP contribution is 2.19. The Hall–Kier alpha value is -1.38. The number of H-pyrrole nitrogens is 1. The van der Waals surface area contributed by atoms with Crippen LogP contribution >= 0.6 is 0 Å². The Morgan fingerprint density at radius 1 is 1.65 bits per heavy atom. The first-order chi connectivity index (χ1) is 8.22. The van der Waals surface area contributed by atoms with E-state index in [-0.39, 0.29) is 12.1 Å². The zero-order chi connectivity index (χ0) is 12.3. The summed E-state index contributed by atoms with van der Waals surface area (Å²) in [4.78, 5) is 0. The molecule has 17 heavy (non-hydrogen) atoms. The monoisotopic (exact) mass is 234 g/mol. The first kappa shape index (κ1) is 12.1. The van der Waals surface area contributed by atoms with Crippen LogP contribution in [-0.2, 0) is 4.74 Å². The number of hydrogen-bond acceptors (Lipinski definition) is 4. The van der Waals surface area contributed by atoms with Crippen molar-refractivity contribution in [2.75, 3.05) is 13.2 Å². The summed E-state index contributed by atoms with van der Waals surface area (Å²) in [5.74, 6) is 0. The van der Waals surface area contributed by atoms with Gasteiger partial charge in [-0.25, -0.2) is 0 Å². The Bertz CT molecular complexity index is 395. The normalized spacial score (nSPS) is 21.4. The number of aromatic nitrogens is 2. The number of rotatable bonds is 4. The lowest BCUT2D eigenvalue weighted by molar-refractivity contribution is 0.109. The van der Waals surface area contributed by atoms with Crippen molar-refractivity contribution in [2.45, 2.75) is 38.8 Å². The highest BCUT2D eigenvalue weighted by Gasteiger charge is 2.21. The molecule has 92 valence electrons. The Morgan fingerprint density at radius 3 is 3.00 bits per heavy atom. The lowest BCUT2D eigenvalue weighted by Gasteiger charge is -2.15. The van der Waals surface area contributed by atoms with Gasteiger partial charge in [0.1, 0.15) is 6.04 Å². The molecule has 5 heteroatoms. The van der Waals surface area contributed by atoms with E-state index in [0.717, 1.165) is 42.9 Å². The molecule has 0 amide bonds. The van der Waals surface area contributed by atoms with Crippen molar-refractivity contribution in [2.24, 2.45) is 0 Å². The molecule has 1 fully saturated rings. The highest BCUT2D eigenvalue weighted by atomic mass is 16.5. The smallest absolute Gasteiger partial charge is 0.125 e. The third-order valence-corrected chi connectivity index (χ3v) is 3.18. The van der Waals surface area contributed by atoms with E-state index in [4.69, 9.17) is 4.74 Å². The van der Waals surface area contributed by atoms with Gasteiger partial charge < -0.3 is 4.74 Å². The summed E-state index contributed by atoms with van der Waals surface area (Å²) >= 11 is 0. The SMILES string of the molecule is Cc1n[nH]c(C)c1C(C#N)NCC1CCCO1. The zero-order valence-electron chi connectivity index (χ0n) is 10.3. The maximum absolute atomic E-state index is 9.23. The van der Waals surface area contributed by atoms with Gasteiger partial charge in [0.25, 0.3) is 0 Å². The van der Waals surface area contributed by atoms with E-state index in [9.17, 15) is 5.26 Å². The van der Waals surface area contributed by atoms with Crippen LogP contribution in [0.2, 0.25) is 0 Å². The predicted octanol–water partition coefficient (Wildman–Crippen LogP) is 1.36. The van der Waals surface area contributed by atoms with E-state index in [1.807, 2.05) is 13.8 Å². The second-order valence-corrected chi connectivity index (χ2v) is 4.45. The van der Waals surface area contributed by atoms with Gasteiger partial charge in [-0.05, 0) is 26.7 Å². The van der Waals surface area contributed by atoms with Crippen LogP contribution < -0.4 is 5.32 Å². The van der Waals surface area contributed by atoms with Crippen molar-refractivity contribution in [1.82, 2.24) is 15.5 Å². The maximum atomic E-state index is 9.23. The van der Waals surface area contributed by atoms with Crippen molar-refractivity contribution in [1.29, 1.82) is 5.26 Å². The summed E-state index contributed by atoms with van der Waals surface area (Å²) in [6.07, 6.45) is 2.44. The molecule has 5 nitrogen and oxygen atoms in total. The molecule has 2 rings (SSSR count). The number of aryl methyl sites for hydroxylation is 2. The molecule has 2 N–H and O–H groups in total. The minimum absolute atomic E-state index is 0.248. The minimum atomic E-state index is -0.307. The molecule has 1 aromatic heterocycles. The molecule has 2 heterocycles. The second kappa shape index (κ2) is 5.30. The largest absolute Gasteiger partial charge is 0.377 e. The fourth-order valence-corrected chi connectivity index (χ4v) is 2.25. The third-order valence-electron chi connectivity index (χ3n) is 3.18. The van der Waals surface area contributed by atoms with E-state index in [2.05, 4.69) is 21.6 Å². The van der Waals surface area contributed by atoms with E-state index >= 15 is 0 Å². The molecular weight excluding hydrogens is 216 g/mol. The summed E-state index contributed by atoms with van der Waals surface area (Å²) in [7, 11) is 0. The summed E-state index contributed by atoms with van der Waals surface area (Å²) < 4.78 is 5.53. The number of hydrogen-bond donors (Lipinski definition) is 2. The molecule has 2 unspecified atom stereocenters. The van der Waals surface area contributed by atoms with Gasteiger partial charge in [-0.15, -0.1) is 0 Å². The lowest BCUT2D eigenvalue weighted by atomic mass is 10.1. The quantitative estimate of drug-likeness (QED) is 0.825. The van der Waals surface area contributed by atoms with Crippen LogP contribution in [-0.4, -0.2) is 29.5 Å². The summed E-state index contributed by atoms with van der Waals surface area (Å²) in [6.45, 7) is 5.42. The molecule has 0 aromatic carbocycles. The van der Waals surface area contributed by atoms with Gasteiger partial charge in [0.2, 0.25) is 0 Å². The van der Waals surface area contributed by atoms with E-state index in [1.165, 1.54) is 0 Å². The Morgan fingerprint density at radius 2 is 2.47 bits per heavy atom. The van der Waals surface area contributed by atoms with Crippen LogP contribution in [0.25, 0.3) is 0 Å². The topological polar surface area (TPSA) is 73.7 Å². The number of nitriles is 1. The van der Waals surface area contributed by atoms with Crippen LogP contribution in [0.4, 0.5) is 0 Å². The van der Waals surface area contributed by atoms with Crippen LogP contribution in [0.15, 0.2) is 0 Å². The van der Waals surface area contributed by atoms with Crippen LogP contribution in [0, 0.1) is 25.2 Å². The van der Waals surface area contributed by atoms with Crippen molar-refractivity contribution in [3.05, 3.63) is 17.0 Å². The van der Waals surface area contributed by atoms with Gasteiger partial charge >= 0.3 is 0 Å². The number of nitrogens with zero attached hydrogens (tertiary/aromatic N) is 2. The average molecular weight is 234 g/mol. The molecule has 0 aliphatic carbocycles. The Balaban J connectivity index is 1.99. The third kappa shape index (κ3) is 2.65. The minimum Gasteiger partial charge on any atom is -0.377 e. The van der Waals surface area contributed by atoms with E-state index in [1.54, 1.807) is 0 Å². The molecule has 2 atom stereocenters. The summed E-state index contributed by atoms with van der Waals surface area (Å²) in [5.41, 5.74) is 2.80. The van der Waals surface area contributed by atoms with Gasteiger partial charge in [-0.2, -0.15) is 10.4 Å². The van der Waals surface area contributed by atoms with E-state index < -0.39 is 0 Å². The van der Waals surface area contributed by atoms with Gasteiger partial charge in [0.15, 0.2) is 0 Å². The van der Waals surface area contributed by atoms with Crippen LogP contribution in [0.3, 0.4) is 0 Å². The lowest BCUT2D eigenvalue weighted by Crippen LogP contribution is -2.29. The highest BCUT2D eigenvalue weighted by molar-refractivity contribution is 5.31. The van der Waals surface area contributed by atoms with Gasteiger partial charge in [-0.1, -0.05) is 0 Å². The second-order valence-electron chi connectivity index (χ2n) is 4.45. The predicted molar refractivity (Wildman–Crippen MR) is 63.4 cm³/mol. The fraction of sp³-hybridized carbons (Fsp3) is 0.667. The molecule has 0 radical (unpaired) electrons. The molecule has 0 spiro atoms. The van der Waals surface area contributed by atoms with E-state index in [0.29, 0.717) is 0 Å². The number of nitrogens with one attached hydrogen (secondary N) is 2. The molecular formula is C12H18N4O. The number of ether oxygens (including phenoxy) is 1. The zero-order valence-corrected chi connectivity index (χ0v) is 10.3. The van der Waals surface area contributed by atoms with Crippen molar-refractivity contribution in [3.63, 3.8) is 0 Å². The van der Waals surface area contributed by atoms with Gasteiger partial charge in [0, 0.05) is 24.4 Å². The maximum Gasteiger partial charge on any atom is 0.125 e. The Kier molecular flexibility index (Phi) is 3.77. The molecule has 1 aromatic rings. The molecule has 0 saturated carbocycles. The first-order valence-corrected chi connectivity index (χ1v) is 5.98. The average Bonchev–Trinajstić information content (AvgIpc) is 2.93. The fourth-order valence-electron chi connectivity index (χ4n) is 2.25. The van der Waals surface area contributed by atoms with Gasteiger partial charge in [0.05, 0.1) is 17.9 Å². The van der Waals surface area contributed by atoms with Gasteiger partial charge in [-0.3, -0.25) is 10.4 Å². The van der Waals surface area contributed by atoms with Crippen molar-refractivity contribution < 1.29 is 4.74 Å². The van der Waals surface area contributed by atoms with Crippen LogP contribution in [0.5, 0.6) is 0 Å². The van der Waals surface area contributed by atoms with Crippen molar-refractivity contribution in [3.8, 4) is 6.07 Å². The molecule has 1 aliphatic heterocycles. The summed E-state index contributed by atoms with van der Waals surface area (Å²) in [6, 6.07) is 1.98. The molecule has 1 saturated heterocycles. The molecule has 0 bridgehead atoms.